The third-order valence-electron chi connectivity index (χ3n) is 4.74. The number of hydrogen-bond acceptors (Lipinski definition) is 3. The van der Waals surface area contributed by atoms with Crippen LogP contribution >= 0.6 is 0 Å². The lowest BCUT2D eigenvalue weighted by Crippen LogP contribution is -2.36. The van der Waals surface area contributed by atoms with Crippen molar-refractivity contribution in [2.45, 2.75) is 25.7 Å². The summed E-state index contributed by atoms with van der Waals surface area (Å²) in [6, 6.07) is 10.8. The Kier molecular flexibility index (Phi) is 6.57. The fraction of sp³-hybridized carbons (Fsp3) is 0.333. The number of halogens is 2. The number of carbonyl (C=O) groups excluding carboxylic acids is 2. The second kappa shape index (κ2) is 9.30. The van der Waals surface area contributed by atoms with Crippen LogP contribution in [-0.2, 0) is 16.0 Å². The van der Waals surface area contributed by atoms with E-state index in [1.807, 2.05) is 12.1 Å². The Hall–Kier alpha value is -2.96. The third-order valence-corrected chi connectivity index (χ3v) is 4.74. The fourth-order valence-corrected chi connectivity index (χ4v) is 3.20. The van der Waals surface area contributed by atoms with Crippen molar-refractivity contribution in [3.63, 3.8) is 0 Å². The molecule has 28 heavy (non-hydrogen) atoms. The lowest BCUT2D eigenvalue weighted by atomic mass is 10.1. The van der Waals surface area contributed by atoms with Crippen LogP contribution in [0.5, 0.6) is 0 Å². The summed E-state index contributed by atoms with van der Waals surface area (Å²) in [6.07, 6.45) is 4.28. The van der Waals surface area contributed by atoms with E-state index in [4.69, 9.17) is 0 Å². The molecule has 0 aromatic heterocycles. The first-order valence-electron chi connectivity index (χ1n) is 9.41. The van der Waals surface area contributed by atoms with Gasteiger partial charge in [-0.2, -0.15) is 0 Å². The van der Waals surface area contributed by atoms with Gasteiger partial charge in [0.25, 0.3) is 0 Å². The molecule has 1 aliphatic heterocycles. The molecule has 0 bridgehead atoms. The van der Waals surface area contributed by atoms with Gasteiger partial charge in [-0.1, -0.05) is 12.1 Å². The molecule has 2 N–H and O–H groups in total. The highest BCUT2D eigenvalue weighted by molar-refractivity contribution is 6.39. The maximum atomic E-state index is 13.5. The monoisotopic (exact) mass is 387 g/mol. The molecule has 7 heteroatoms. The summed E-state index contributed by atoms with van der Waals surface area (Å²) in [5.41, 5.74) is 1.87. The Morgan fingerprint density at radius 2 is 1.64 bits per heavy atom. The summed E-state index contributed by atoms with van der Waals surface area (Å²) < 4.78 is 26.6. The Labute approximate surface area is 162 Å². The van der Waals surface area contributed by atoms with Gasteiger partial charge in [0.05, 0.1) is 5.69 Å². The van der Waals surface area contributed by atoms with E-state index in [9.17, 15) is 18.4 Å². The molecule has 1 heterocycles. The number of carbonyl (C=O) groups is 2. The van der Waals surface area contributed by atoms with Crippen molar-refractivity contribution >= 4 is 23.2 Å². The van der Waals surface area contributed by atoms with E-state index >= 15 is 0 Å². The molecule has 0 saturated carbocycles. The van der Waals surface area contributed by atoms with Gasteiger partial charge >= 0.3 is 11.8 Å². The van der Waals surface area contributed by atoms with E-state index < -0.39 is 23.4 Å². The Morgan fingerprint density at radius 3 is 2.36 bits per heavy atom. The van der Waals surface area contributed by atoms with E-state index in [2.05, 4.69) is 27.7 Å². The van der Waals surface area contributed by atoms with E-state index in [0.29, 0.717) is 6.42 Å². The van der Waals surface area contributed by atoms with Crippen LogP contribution in [0.15, 0.2) is 42.5 Å². The molecule has 0 radical (unpaired) electrons. The molecule has 0 spiro atoms. The average molecular weight is 387 g/mol. The highest BCUT2D eigenvalue weighted by Gasteiger charge is 2.16. The summed E-state index contributed by atoms with van der Waals surface area (Å²) in [5.74, 6) is -3.44. The van der Waals surface area contributed by atoms with E-state index in [1.54, 1.807) is 0 Å². The number of nitrogens with zero attached hydrogens (tertiary/aromatic N) is 1. The summed E-state index contributed by atoms with van der Waals surface area (Å²) in [4.78, 5) is 26.0. The van der Waals surface area contributed by atoms with Crippen molar-refractivity contribution in [2.75, 3.05) is 29.9 Å². The number of benzene rings is 2. The molecule has 2 amide bonds. The highest BCUT2D eigenvalue weighted by atomic mass is 19.1. The van der Waals surface area contributed by atoms with Gasteiger partial charge in [0.15, 0.2) is 0 Å². The Balaban J connectivity index is 1.45. The highest BCUT2D eigenvalue weighted by Crippen LogP contribution is 2.20. The molecule has 1 saturated heterocycles. The normalized spacial score (nSPS) is 13.9. The maximum Gasteiger partial charge on any atom is 0.313 e. The summed E-state index contributed by atoms with van der Waals surface area (Å²) in [5, 5.41) is 4.56. The van der Waals surface area contributed by atoms with E-state index in [-0.39, 0.29) is 12.2 Å². The van der Waals surface area contributed by atoms with Gasteiger partial charge < -0.3 is 15.5 Å². The standard InChI is InChI=1S/C21H23F2N3O2/c22-16-6-9-18(23)19(14-16)25-21(28)20(27)24-11-10-15-4-7-17(8-5-15)26-12-2-1-3-13-26/h4-9,14H,1-3,10-13H2,(H,24,27)(H,25,28). The zero-order valence-corrected chi connectivity index (χ0v) is 15.5. The predicted octanol–water partition coefficient (Wildman–Crippen LogP) is 3.25. The zero-order chi connectivity index (χ0) is 19.9. The third kappa shape index (κ3) is 5.28. The molecule has 0 aliphatic carbocycles. The zero-order valence-electron chi connectivity index (χ0n) is 15.5. The molecular weight excluding hydrogens is 364 g/mol. The average Bonchev–Trinajstić information content (AvgIpc) is 2.72. The topological polar surface area (TPSA) is 61.4 Å². The first-order chi connectivity index (χ1) is 13.5. The number of piperidine rings is 1. The summed E-state index contributed by atoms with van der Waals surface area (Å²) in [7, 11) is 0. The smallest absolute Gasteiger partial charge is 0.313 e. The van der Waals surface area contributed by atoms with Gasteiger partial charge in [0.1, 0.15) is 11.6 Å². The van der Waals surface area contributed by atoms with E-state index in [1.165, 1.54) is 24.9 Å². The van der Waals surface area contributed by atoms with Gasteiger partial charge in [0.2, 0.25) is 0 Å². The minimum absolute atomic E-state index is 0.265. The number of rotatable bonds is 5. The molecule has 0 atom stereocenters. The minimum atomic E-state index is -1.04. The van der Waals surface area contributed by atoms with Crippen molar-refractivity contribution in [2.24, 2.45) is 0 Å². The fourth-order valence-electron chi connectivity index (χ4n) is 3.20. The van der Waals surface area contributed by atoms with Crippen LogP contribution in [0.1, 0.15) is 24.8 Å². The van der Waals surface area contributed by atoms with Crippen molar-refractivity contribution in [1.82, 2.24) is 5.32 Å². The van der Waals surface area contributed by atoms with Crippen LogP contribution in [0.25, 0.3) is 0 Å². The number of nitrogens with one attached hydrogen (secondary N) is 2. The largest absolute Gasteiger partial charge is 0.372 e. The first kappa shape index (κ1) is 19.8. The van der Waals surface area contributed by atoms with Crippen LogP contribution in [-0.4, -0.2) is 31.4 Å². The molecule has 5 nitrogen and oxygen atoms in total. The van der Waals surface area contributed by atoms with Crippen LogP contribution in [0.2, 0.25) is 0 Å². The maximum absolute atomic E-state index is 13.5. The van der Waals surface area contributed by atoms with Gasteiger partial charge in [0, 0.05) is 31.4 Å². The second-order valence-corrected chi connectivity index (χ2v) is 6.80. The Bertz CT molecular complexity index is 834. The van der Waals surface area contributed by atoms with Crippen LogP contribution in [0, 0.1) is 11.6 Å². The molecular formula is C21H23F2N3O2. The van der Waals surface area contributed by atoms with Crippen LogP contribution in [0.3, 0.4) is 0 Å². The van der Waals surface area contributed by atoms with Gasteiger partial charge in [-0.15, -0.1) is 0 Å². The molecule has 2 aromatic carbocycles. The lowest BCUT2D eigenvalue weighted by molar-refractivity contribution is -0.136. The van der Waals surface area contributed by atoms with Crippen molar-refractivity contribution < 1.29 is 18.4 Å². The lowest BCUT2D eigenvalue weighted by Gasteiger charge is -2.28. The van der Waals surface area contributed by atoms with Crippen LogP contribution < -0.4 is 15.5 Å². The minimum Gasteiger partial charge on any atom is -0.372 e. The van der Waals surface area contributed by atoms with E-state index in [0.717, 1.165) is 36.9 Å². The predicted molar refractivity (Wildman–Crippen MR) is 104 cm³/mol. The van der Waals surface area contributed by atoms with Gasteiger partial charge in [-0.05, 0) is 55.5 Å². The number of hydrogen-bond donors (Lipinski definition) is 2. The van der Waals surface area contributed by atoms with Gasteiger partial charge in [-0.25, -0.2) is 8.78 Å². The van der Waals surface area contributed by atoms with Gasteiger partial charge in [-0.3, -0.25) is 9.59 Å². The molecule has 2 aromatic rings. The first-order valence-corrected chi connectivity index (χ1v) is 9.41. The molecule has 1 aliphatic rings. The molecule has 1 fully saturated rings. The SMILES string of the molecule is O=C(NCCc1ccc(N2CCCCC2)cc1)C(=O)Nc1cc(F)ccc1F. The quantitative estimate of drug-likeness (QED) is 0.775. The second-order valence-electron chi connectivity index (χ2n) is 6.80. The molecule has 3 rings (SSSR count). The van der Waals surface area contributed by atoms with Crippen molar-refractivity contribution in [3.8, 4) is 0 Å². The molecule has 148 valence electrons. The summed E-state index contributed by atoms with van der Waals surface area (Å²) >= 11 is 0. The van der Waals surface area contributed by atoms with Crippen LogP contribution in [0.4, 0.5) is 20.2 Å². The molecule has 0 unspecified atom stereocenters. The van der Waals surface area contributed by atoms with Crippen molar-refractivity contribution in [1.29, 1.82) is 0 Å². The van der Waals surface area contributed by atoms with Crippen molar-refractivity contribution in [3.05, 3.63) is 59.7 Å². The summed E-state index contributed by atoms with van der Waals surface area (Å²) in [6.45, 7) is 2.42. The Morgan fingerprint density at radius 1 is 0.929 bits per heavy atom. The number of anilines is 2. The number of amides is 2.